The number of methoxy groups -OCH3 is 1. The second kappa shape index (κ2) is 8.93. The van der Waals surface area contributed by atoms with E-state index in [1.54, 1.807) is 13.2 Å². The van der Waals surface area contributed by atoms with E-state index in [0.29, 0.717) is 36.2 Å². The molecule has 3 N–H and O–H groups in total. The molecule has 3 rings (SSSR count). The summed E-state index contributed by atoms with van der Waals surface area (Å²) in [7, 11) is 1.59. The Morgan fingerprint density at radius 2 is 2.00 bits per heavy atom. The fourth-order valence-corrected chi connectivity index (χ4v) is 4.41. The number of benzene rings is 1. The van der Waals surface area contributed by atoms with Gasteiger partial charge < -0.3 is 20.5 Å². The van der Waals surface area contributed by atoms with Crippen LogP contribution in [0.25, 0.3) is 0 Å². The summed E-state index contributed by atoms with van der Waals surface area (Å²) in [6.07, 6.45) is 5.41. The Hall–Kier alpha value is -1.50. The Labute approximate surface area is 154 Å². The average Bonchev–Trinajstić information content (AvgIpc) is 2.61. The number of ether oxygens (including phenoxy) is 2. The van der Waals surface area contributed by atoms with Gasteiger partial charge in [-0.2, -0.15) is 0 Å². The van der Waals surface area contributed by atoms with E-state index in [9.17, 15) is 9.18 Å². The number of rotatable bonds is 7. The molecular weight excluding hydrogens is 335 g/mol. The monoisotopic (exact) mass is 364 g/mol. The van der Waals surface area contributed by atoms with E-state index in [1.807, 2.05) is 0 Å². The predicted molar refractivity (Wildman–Crippen MR) is 97.2 cm³/mol. The SMILES string of the molecule is COCCOCc1cc(C(=O)NC2C3CCCC2CC(N)C3)ccc1F. The highest BCUT2D eigenvalue weighted by atomic mass is 19.1. The van der Waals surface area contributed by atoms with E-state index in [4.69, 9.17) is 15.2 Å². The highest BCUT2D eigenvalue weighted by Gasteiger charge is 2.39. The van der Waals surface area contributed by atoms with E-state index in [0.717, 1.165) is 25.7 Å². The molecule has 0 spiro atoms. The molecular formula is C20H29FN2O3. The minimum absolute atomic E-state index is 0.125. The summed E-state index contributed by atoms with van der Waals surface area (Å²) in [5.41, 5.74) is 7.02. The minimum Gasteiger partial charge on any atom is -0.382 e. The van der Waals surface area contributed by atoms with Gasteiger partial charge in [-0.05, 0) is 55.7 Å². The zero-order chi connectivity index (χ0) is 18.5. The normalized spacial score (nSPS) is 28.0. The molecule has 2 bridgehead atoms. The number of amides is 1. The van der Waals surface area contributed by atoms with Crippen molar-refractivity contribution >= 4 is 5.91 Å². The van der Waals surface area contributed by atoms with Crippen molar-refractivity contribution in [2.75, 3.05) is 20.3 Å². The van der Waals surface area contributed by atoms with Gasteiger partial charge in [-0.1, -0.05) is 6.42 Å². The zero-order valence-electron chi connectivity index (χ0n) is 15.4. The number of carbonyl (C=O) groups excluding carboxylic acids is 1. The summed E-state index contributed by atoms with van der Waals surface area (Å²) in [5, 5.41) is 3.20. The van der Waals surface area contributed by atoms with Crippen molar-refractivity contribution in [3.63, 3.8) is 0 Å². The number of nitrogens with two attached hydrogens (primary N) is 1. The molecule has 5 nitrogen and oxygen atoms in total. The van der Waals surface area contributed by atoms with Crippen molar-refractivity contribution in [1.82, 2.24) is 5.32 Å². The fraction of sp³-hybridized carbons (Fsp3) is 0.650. The molecule has 2 aliphatic carbocycles. The molecule has 2 fully saturated rings. The molecule has 0 saturated heterocycles. The molecule has 144 valence electrons. The molecule has 1 aromatic rings. The van der Waals surface area contributed by atoms with Crippen molar-refractivity contribution in [3.8, 4) is 0 Å². The molecule has 26 heavy (non-hydrogen) atoms. The molecule has 2 aliphatic rings. The third kappa shape index (κ3) is 4.61. The van der Waals surface area contributed by atoms with E-state index in [2.05, 4.69) is 5.32 Å². The van der Waals surface area contributed by atoms with Gasteiger partial charge in [0.25, 0.3) is 5.91 Å². The predicted octanol–water partition coefficient (Wildman–Crippen LogP) is 2.62. The summed E-state index contributed by atoms with van der Waals surface area (Å²) < 4.78 is 24.3. The van der Waals surface area contributed by atoms with Gasteiger partial charge in [0.15, 0.2) is 0 Å². The number of halogens is 1. The average molecular weight is 364 g/mol. The van der Waals surface area contributed by atoms with Crippen molar-refractivity contribution in [3.05, 3.63) is 35.1 Å². The maximum absolute atomic E-state index is 14.0. The van der Waals surface area contributed by atoms with Crippen molar-refractivity contribution in [1.29, 1.82) is 0 Å². The van der Waals surface area contributed by atoms with Crippen LogP contribution in [0.4, 0.5) is 4.39 Å². The molecule has 0 aromatic heterocycles. The highest BCUT2D eigenvalue weighted by molar-refractivity contribution is 5.94. The van der Waals surface area contributed by atoms with Crippen LogP contribution < -0.4 is 11.1 Å². The van der Waals surface area contributed by atoms with Crippen LogP contribution in [0.5, 0.6) is 0 Å². The Balaban J connectivity index is 1.64. The van der Waals surface area contributed by atoms with Crippen LogP contribution in [0, 0.1) is 17.7 Å². The summed E-state index contributed by atoms with van der Waals surface area (Å²) in [5.74, 6) is 0.414. The van der Waals surface area contributed by atoms with Crippen molar-refractivity contribution < 1.29 is 18.7 Å². The van der Waals surface area contributed by atoms with Gasteiger partial charge in [0, 0.05) is 30.3 Å². The van der Waals surface area contributed by atoms with Crippen LogP contribution in [-0.4, -0.2) is 38.3 Å². The molecule has 6 heteroatoms. The van der Waals surface area contributed by atoms with E-state index in [-0.39, 0.29) is 30.4 Å². The third-order valence-electron chi connectivity index (χ3n) is 5.67. The first-order chi connectivity index (χ1) is 12.6. The summed E-state index contributed by atoms with van der Waals surface area (Å²) >= 11 is 0. The number of hydrogen-bond donors (Lipinski definition) is 2. The lowest BCUT2D eigenvalue weighted by molar-refractivity contribution is 0.0603. The van der Waals surface area contributed by atoms with Crippen LogP contribution in [0.2, 0.25) is 0 Å². The molecule has 0 heterocycles. The third-order valence-corrected chi connectivity index (χ3v) is 5.67. The van der Waals surface area contributed by atoms with Gasteiger partial charge in [-0.3, -0.25) is 4.79 Å². The largest absolute Gasteiger partial charge is 0.382 e. The molecule has 2 atom stereocenters. The smallest absolute Gasteiger partial charge is 0.251 e. The first kappa shape index (κ1) is 19.3. The lowest BCUT2D eigenvalue weighted by atomic mass is 9.67. The maximum atomic E-state index is 14.0. The molecule has 1 amide bonds. The van der Waals surface area contributed by atoms with E-state index < -0.39 is 0 Å². The van der Waals surface area contributed by atoms with Gasteiger partial charge in [0.05, 0.1) is 19.8 Å². The van der Waals surface area contributed by atoms with E-state index >= 15 is 0 Å². The van der Waals surface area contributed by atoms with Gasteiger partial charge in [0.2, 0.25) is 0 Å². The molecule has 2 saturated carbocycles. The Bertz CT molecular complexity index is 611. The quantitative estimate of drug-likeness (QED) is 0.730. The molecule has 0 radical (unpaired) electrons. The van der Waals surface area contributed by atoms with Crippen LogP contribution in [0.3, 0.4) is 0 Å². The number of fused-ring (bicyclic) bond motifs is 2. The van der Waals surface area contributed by atoms with E-state index in [1.165, 1.54) is 18.6 Å². The fourth-order valence-electron chi connectivity index (χ4n) is 4.41. The van der Waals surface area contributed by atoms with Crippen molar-refractivity contribution in [2.45, 2.75) is 50.8 Å². The molecule has 1 aromatic carbocycles. The van der Waals surface area contributed by atoms with Gasteiger partial charge in [-0.15, -0.1) is 0 Å². The lowest BCUT2D eigenvalue weighted by Crippen LogP contribution is -2.53. The highest BCUT2D eigenvalue weighted by Crippen LogP contribution is 2.39. The first-order valence-corrected chi connectivity index (χ1v) is 9.50. The second-order valence-electron chi connectivity index (χ2n) is 7.53. The standard InChI is InChI=1S/C20H29FN2O3/c1-25-7-8-26-12-16-9-15(5-6-18(16)21)20(24)23-19-13-3-2-4-14(19)11-17(22)10-13/h5-6,9,13-14,17,19H,2-4,7-8,10-12,22H2,1H3,(H,23,24). The van der Waals surface area contributed by atoms with Gasteiger partial charge in [-0.25, -0.2) is 4.39 Å². The Morgan fingerprint density at radius 3 is 2.69 bits per heavy atom. The Morgan fingerprint density at radius 1 is 1.27 bits per heavy atom. The minimum atomic E-state index is -0.362. The summed E-state index contributed by atoms with van der Waals surface area (Å²) in [4.78, 5) is 12.7. The summed E-state index contributed by atoms with van der Waals surface area (Å²) in [6.45, 7) is 0.965. The van der Waals surface area contributed by atoms with Gasteiger partial charge >= 0.3 is 0 Å². The second-order valence-corrected chi connectivity index (χ2v) is 7.53. The zero-order valence-corrected chi connectivity index (χ0v) is 15.4. The van der Waals surface area contributed by atoms with Crippen LogP contribution in [0.1, 0.15) is 48.0 Å². The summed E-state index contributed by atoms with van der Waals surface area (Å²) in [6, 6.07) is 4.89. The van der Waals surface area contributed by atoms with Crippen LogP contribution in [0.15, 0.2) is 18.2 Å². The Kier molecular flexibility index (Phi) is 6.62. The maximum Gasteiger partial charge on any atom is 0.251 e. The first-order valence-electron chi connectivity index (χ1n) is 9.50. The topological polar surface area (TPSA) is 73.6 Å². The molecule has 0 aliphatic heterocycles. The van der Waals surface area contributed by atoms with Crippen LogP contribution >= 0.6 is 0 Å². The number of nitrogens with one attached hydrogen (secondary N) is 1. The molecule has 2 unspecified atom stereocenters. The van der Waals surface area contributed by atoms with Crippen molar-refractivity contribution in [2.24, 2.45) is 17.6 Å². The van der Waals surface area contributed by atoms with Gasteiger partial charge in [0.1, 0.15) is 5.82 Å². The number of hydrogen-bond acceptors (Lipinski definition) is 4. The number of carbonyl (C=O) groups is 1. The lowest BCUT2D eigenvalue weighted by Gasteiger charge is -2.45. The van der Waals surface area contributed by atoms with Crippen LogP contribution in [-0.2, 0) is 16.1 Å².